The van der Waals surface area contributed by atoms with Gasteiger partial charge in [0.1, 0.15) is 12.1 Å². The summed E-state index contributed by atoms with van der Waals surface area (Å²) < 4.78 is 5.10. The normalized spacial score (nSPS) is 12.3. The van der Waals surface area contributed by atoms with Crippen molar-refractivity contribution in [1.29, 1.82) is 0 Å². The zero-order valence-electron chi connectivity index (χ0n) is 14.9. The number of aliphatic carboxylic acids is 1. The van der Waals surface area contributed by atoms with E-state index < -0.39 is 42.6 Å². The number of nitrogens with two attached hydrogens (primary N) is 1. The van der Waals surface area contributed by atoms with Crippen LogP contribution in [0.15, 0.2) is 18.2 Å². The van der Waals surface area contributed by atoms with Gasteiger partial charge < -0.3 is 25.8 Å². The summed E-state index contributed by atoms with van der Waals surface area (Å²) in [4.78, 5) is 36.1. The summed E-state index contributed by atoms with van der Waals surface area (Å²) in [5, 5.41) is 27.7. The van der Waals surface area contributed by atoms with Crippen molar-refractivity contribution in [3.63, 3.8) is 0 Å². The van der Waals surface area contributed by atoms with Crippen LogP contribution in [-0.2, 0) is 20.7 Å². The number of ether oxygens (including phenoxy) is 1. The molecule has 0 heterocycles. The van der Waals surface area contributed by atoms with Crippen molar-refractivity contribution in [2.24, 2.45) is 5.73 Å². The Labute approximate surface area is 151 Å². The van der Waals surface area contributed by atoms with E-state index in [9.17, 15) is 24.6 Å². The molecule has 0 aromatic heterocycles. The predicted molar refractivity (Wildman–Crippen MR) is 91.9 cm³/mol. The molecule has 1 aromatic rings. The number of Topliss-reactive ketones (excluding diaryl/α,β-unsaturated/α-hetero) is 1. The summed E-state index contributed by atoms with van der Waals surface area (Å²) in [6.07, 6.45) is -0.884. The average molecular weight is 368 g/mol. The first-order valence-electron chi connectivity index (χ1n) is 7.88. The number of benzene rings is 1. The molecule has 0 unspecified atom stereocenters. The third-order valence-corrected chi connectivity index (χ3v) is 3.23. The Morgan fingerprint density at radius 3 is 2.27 bits per heavy atom. The van der Waals surface area contributed by atoms with Gasteiger partial charge in [0.2, 0.25) is 0 Å². The Hall–Kier alpha value is -2.81. The van der Waals surface area contributed by atoms with Crippen LogP contribution in [0.4, 0.5) is 4.79 Å². The highest BCUT2D eigenvalue weighted by Gasteiger charge is 2.27. The average Bonchev–Trinajstić information content (AvgIpc) is 2.48. The Kier molecular flexibility index (Phi) is 6.96. The van der Waals surface area contributed by atoms with Crippen molar-refractivity contribution in [3.8, 4) is 11.5 Å². The molecule has 9 nitrogen and oxygen atoms in total. The second kappa shape index (κ2) is 8.52. The summed E-state index contributed by atoms with van der Waals surface area (Å²) in [5.74, 6) is -2.50. The predicted octanol–water partition coefficient (Wildman–Crippen LogP) is 0.858. The number of carboxylic acid groups (broad SMARTS) is 1. The summed E-state index contributed by atoms with van der Waals surface area (Å²) in [5.41, 5.74) is 5.48. The molecule has 1 atom stereocenters. The Morgan fingerprint density at radius 2 is 1.77 bits per heavy atom. The van der Waals surface area contributed by atoms with E-state index in [1.165, 1.54) is 18.2 Å². The molecule has 144 valence electrons. The topological polar surface area (TPSA) is 150 Å². The van der Waals surface area contributed by atoms with Gasteiger partial charge in [-0.1, -0.05) is 6.07 Å². The number of hydrogen-bond acceptors (Lipinski definition) is 7. The highest BCUT2D eigenvalue weighted by atomic mass is 16.6. The maximum atomic E-state index is 12.3. The van der Waals surface area contributed by atoms with Gasteiger partial charge in [-0.15, -0.1) is 0 Å². The Bertz CT molecular complexity index is 682. The van der Waals surface area contributed by atoms with E-state index in [1.807, 2.05) is 0 Å². The fraction of sp³-hybridized carbons (Fsp3) is 0.471. The first-order chi connectivity index (χ1) is 11.9. The number of amides is 1. The van der Waals surface area contributed by atoms with Crippen LogP contribution in [0.3, 0.4) is 0 Å². The van der Waals surface area contributed by atoms with E-state index in [4.69, 9.17) is 15.6 Å². The maximum absolute atomic E-state index is 12.3. The molecule has 0 aliphatic heterocycles. The van der Waals surface area contributed by atoms with Crippen LogP contribution in [0.25, 0.3) is 0 Å². The number of carbonyl (C=O) groups excluding carboxylic acids is 2. The van der Waals surface area contributed by atoms with Crippen LogP contribution in [0.1, 0.15) is 26.3 Å². The molecule has 0 bridgehead atoms. The smallest absolute Gasteiger partial charge is 0.411 e. The summed E-state index contributed by atoms with van der Waals surface area (Å²) >= 11 is 0. The molecular formula is C17H24N2O7. The summed E-state index contributed by atoms with van der Waals surface area (Å²) in [7, 11) is 0. The minimum atomic E-state index is -1.29. The van der Waals surface area contributed by atoms with E-state index in [0.29, 0.717) is 5.56 Å². The monoisotopic (exact) mass is 368 g/mol. The van der Waals surface area contributed by atoms with E-state index >= 15 is 0 Å². The van der Waals surface area contributed by atoms with Gasteiger partial charge in [0.25, 0.3) is 0 Å². The van der Waals surface area contributed by atoms with Gasteiger partial charge in [0.15, 0.2) is 17.3 Å². The number of carboxylic acids is 1. The third-order valence-electron chi connectivity index (χ3n) is 3.23. The number of hydrogen-bond donors (Lipinski definition) is 4. The van der Waals surface area contributed by atoms with Gasteiger partial charge in [-0.2, -0.15) is 0 Å². The molecule has 0 spiro atoms. The van der Waals surface area contributed by atoms with Crippen molar-refractivity contribution < 1.29 is 34.4 Å². The minimum Gasteiger partial charge on any atom is -0.504 e. The van der Waals surface area contributed by atoms with Gasteiger partial charge in [-0.3, -0.25) is 14.5 Å². The number of ketones is 1. The lowest BCUT2D eigenvalue weighted by Gasteiger charge is -2.26. The summed E-state index contributed by atoms with van der Waals surface area (Å²) in [6.45, 7) is 3.64. The van der Waals surface area contributed by atoms with Crippen LogP contribution in [0.5, 0.6) is 11.5 Å². The molecule has 1 aromatic carbocycles. The maximum Gasteiger partial charge on any atom is 0.411 e. The second-order valence-corrected chi connectivity index (χ2v) is 6.83. The molecular weight excluding hydrogens is 344 g/mol. The van der Waals surface area contributed by atoms with Gasteiger partial charge in [0.05, 0.1) is 12.6 Å². The van der Waals surface area contributed by atoms with E-state index in [0.717, 1.165) is 4.90 Å². The fourth-order valence-corrected chi connectivity index (χ4v) is 2.04. The molecule has 26 heavy (non-hydrogen) atoms. The quantitative estimate of drug-likeness (QED) is 0.517. The fourth-order valence-electron chi connectivity index (χ4n) is 2.04. The Balaban J connectivity index is 2.79. The molecule has 0 aliphatic carbocycles. The molecule has 0 saturated heterocycles. The van der Waals surface area contributed by atoms with Crippen LogP contribution in [-0.4, -0.2) is 62.8 Å². The highest BCUT2D eigenvalue weighted by Crippen LogP contribution is 2.25. The number of carbonyl (C=O) groups is 3. The first-order valence-corrected chi connectivity index (χ1v) is 7.88. The first kappa shape index (κ1) is 21.2. The number of rotatable bonds is 7. The van der Waals surface area contributed by atoms with E-state index in [2.05, 4.69) is 0 Å². The lowest BCUT2D eigenvalue weighted by Crippen LogP contribution is -2.46. The van der Waals surface area contributed by atoms with Crippen LogP contribution >= 0.6 is 0 Å². The zero-order chi connectivity index (χ0) is 20.1. The molecule has 0 radical (unpaired) electrons. The van der Waals surface area contributed by atoms with Crippen molar-refractivity contribution in [2.45, 2.75) is 38.8 Å². The molecule has 1 amide bonds. The third kappa shape index (κ3) is 6.98. The number of phenolic OH excluding ortho intramolecular Hbond substituents is 2. The lowest BCUT2D eigenvalue weighted by molar-refractivity contribution is -0.138. The SMILES string of the molecule is CC(C)(C)OC(=O)N(CC(=O)O)CC(=O)[C@@H](N)Cc1ccc(O)c(O)c1. The molecule has 0 fully saturated rings. The molecule has 5 N–H and O–H groups in total. The van der Waals surface area contributed by atoms with Crippen LogP contribution in [0.2, 0.25) is 0 Å². The van der Waals surface area contributed by atoms with E-state index in [1.54, 1.807) is 20.8 Å². The highest BCUT2D eigenvalue weighted by molar-refractivity contribution is 5.89. The van der Waals surface area contributed by atoms with Crippen molar-refractivity contribution in [2.75, 3.05) is 13.1 Å². The van der Waals surface area contributed by atoms with Gasteiger partial charge in [-0.05, 0) is 44.9 Å². The summed E-state index contributed by atoms with van der Waals surface area (Å²) in [6, 6.07) is 2.99. The number of phenols is 2. The minimum absolute atomic E-state index is 0.0436. The zero-order valence-corrected chi connectivity index (χ0v) is 14.9. The van der Waals surface area contributed by atoms with E-state index in [-0.39, 0.29) is 17.9 Å². The standard InChI is InChI=1S/C17H24N2O7/c1-17(2,3)26-16(25)19(9-15(23)24)8-14(22)11(18)6-10-4-5-12(20)13(21)7-10/h4-5,7,11,20-21H,6,8-9,18H2,1-3H3,(H,23,24)/t11-/m0/s1. The van der Waals surface area contributed by atoms with Crippen molar-refractivity contribution >= 4 is 17.8 Å². The van der Waals surface area contributed by atoms with Crippen LogP contribution in [0, 0.1) is 0 Å². The molecule has 0 saturated carbocycles. The lowest BCUT2D eigenvalue weighted by atomic mass is 10.0. The Morgan fingerprint density at radius 1 is 1.15 bits per heavy atom. The van der Waals surface area contributed by atoms with Crippen molar-refractivity contribution in [1.82, 2.24) is 4.90 Å². The largest absolute Gasteiger partial charge is 0.504 e. The molecule has 0 aliphatic rings. The van der Waals surface area contributed by atoms with Crippen molar-refractivity contribution in [3.05, 3.63) is 23.8 Å². The number of aromatic hydroxyl groups is 2. The second-order valence-electron chi connectivity index (χ2n) is 6.83. The molecule has 1 rings (SSSR count). The van der Waals surface area contributed by atoms with Crippen LogP contribution < -0.4 is 5.73 Å². The molecule has 9 heteroatoms. The van der Waals surface area contributed by atoms with Gasteiger partial charge in [0, 0.05) is 0 Å². The number of nitrogens with zero attached hydrogens (tertiary/aromatic N) is 1. The van der Waals surface area contributed by atoms with Gasteiger partial charge in [-0.25, -0.2) is 4.79 Å². The van der Waals surface area contributed by atoms with Gasteiger partial charge >= 0.3 is 12.1 Å².